The first-order chi connectivity index (χ1) is 11.9. The van der Waals surface area contributed by atoms with E-state index in [0.29, 0.717) is 30.4 Å². The summed E-state index contributed by atoms with van der Waals surface area (Å²) in [5.41, 5.74) is 1.53. The van der Waals surface area contributed by atoms with Gasteiger partial charge in [0.05, 0.1) is 17.0 Å². The van der Waals surface area contributed by atoms with Gasteiger partial charge in [0.25, 0.3) is 0 Å². The van der Waals surface area contributed by atoms with E-state index in [4.69, 9.17) is 16.3 Å². The number of sulfonamides is 1. The SMILES string of the molecule is COc1ccc(-c2cccc(S(=O)(=O)N3CCN[C@H](C)C3)c2)c(Cl)c1. The Morgan fingerprint density at radius 3 is 2.72 bits per heavy atom. The minimum atomic E-state index is -3.53. The number of nitrogens with zero attached hydrogens (tertiary/aromatic N) is 1. The van der Waals surface area contributed by atoms with E-state index >= 15 is 0 Å². The zero-order chi connectivity index (χ0) is 18.0. The Kier molecular flexibility index (Phi) is 5.34. The van der Waals surface area contributed by atoms with E-state index in [1.807, 2.05) is 19.1 Å². The van der Waals surface area contributed by atoms with E-state index in [0.717, 1.165) is 11.1 Å². The van der Waals surface area contributed by atoms with Crippen LogP contribution in [0.3, 0.4) is 0 Å². The molecule has 3 rings (SSSR count). The summed E-state index contributed by atoms with van der Waals surface area (Å²) in [6.45, 7) is 3.58. The summed E-state index contributed by atoms with van der Waals surface area (Å²) < 4.78 is 32.6. The van der Waals surface area contributed by atoms with Gasteiger partial charge in [-0.05, 0) is 42.8 Å². The minimum Gasteiger partial charge on any atom is -0.497 e. The summed E-state index contributed by atoms with van der Waals surface area (Å²) in [6, 6.07) is 12.4. The van der Waals surface area contributed by atoms with Crippen LogP contribution in [0.2, 0.25) is 5.02 Å². The van der Waals surface area contributed by atoms with E-state index in [1.165, 1.54) is 4.31 Å². The first-order valence-electron chi connectivity index (χ1n) is 8.09. The first kappa shape index (κ1) is 18.2. The summed E-state index contributed by atoms with van der Waals surface area (Å²) in [7, 11) is -1.95. The van der Waals surface area contributed by atoms with Crippen LogP contribution < -0.4 is 10.1 Å². The van der Waals surface area contributed by atoms with Gasteiger partial charge in [0.15, 0.2) is 0 Å². The fourth-order valence-electron chi connectivity index (χ4n) is 2.95. The van der Waals surface area contributed by atoms with E-state index in [1.54, 1.807) is 37.4 Å². The van der Waals surface area contributed by atoms with Crippen LogP contribution in [0.25, 0.3) is 11.1 Å². The highest BCUT2D eigenvalue weighted by Crippen LogP contribution is 2.32. The fraction of sp³-hybridized carbons (Fsp3) is 0.333. The van der Waals surface area contributed by atoms with Crippen molar-refractivity contribution in [2.45, 2.75) is 17.9 Å². The number of hydrogen-bond acceptors (Lipinski definition) is 4. The Morgan fingerprint density at radius 1 is 1.24 bits per heavy atom. The molecule has 0 spiro atoms. The minimum absolute atomic E-state index is 0.141. The zero-order valence-corrected chi connectivity index (χ0v) is 15.8. The van der Waals surface area contributed by atoms with Gasteiger partial charge in [0.1, 0.15) is 5.75 Å². The van der Waals surface area contributed by atoms with Crippen molar-refractivity contribution in [1.29, 1.82) is 0 Å². The molecule has 0 radical (unpaired) electrons. The number of halogens is 1. The van der Waals surface area contributed by atoms with E-state index in [9.17, 15) is 8.42 Å². The number of methoxy groups -OCH3 is 1. The van der Waals surface area contributed by atoms with Crippen molar-refractivity contribution >= 4 is 21.6 Å². The van der Waals surface area contributed by atoms with Crippen molar-refractivity contribution < 1.29 is 13.2 Å². The highest BCUT2D eigenvalue weighted by Gasteiger charge is 2.28. The topological polar surface area (TPSA) is 58.6 Å². The van der Waals surface area contributed by atoms with Crippen LogP contribution in [-0.4, -0.2) is 45.5 Å². The number of benzene rings is 2. The van der Waals surface area contributed by atoms with E-state index in [-0.39, 0.29) is 10.9 Å². The molecule has 0 unspecified atom stereocenters. The lowest BCUT2D eigenvalue weighted by Gasteiger charge is -2.31. The van der Waals surface area contributed by atoms with Crippen LogP contribution in [0.1, 0.15) is 6.92 Å². The molecule has 0 aliphatic carbocycles. The van der Waals surface area contributed by atoms with Gasteiger partial charge < -0.3 is 10.1 Å². The summed E-state index contributed by atoms with van der Waals surface area (Å²) in [6.07, 6.45) is 0. The third kappa shape index (κ3) is 3.82. The van der Waals surface area contributed by atoms with Gasteiger partial charge in [-0.25, -0.2) is 8.42 Å². The lowest BCUT2D eigenvalue weighted by atomic mass is 10.1. The van der Waals surface area contributed by atoms with E-state index in [2.05, 4.69) is 5.32 Å². The quantitative estimate of drug-likeness (QED) is 0.885. The molecule has 25 heavy (non-hydrogen) atoms. The number of ether oxygens (including phenoxy) is 1. The molecule has 1 N–H and O–H groups in total. The molecular weight excluding hydrogens is 360 g/mol. The molecular formula is C18H21ClN2O3S. The summed E-state index contributed by atoms with van der Waals surface area (Å²) >= 11 is 6.33. The summed E-state index contributed by atoms with van der Waals surface area (Å²) in [5, 5.41) is 3.77. The van der Waals surface area contributed by atoms with Gasteiger partial charge in [-0.15, -0.1) is 0 Å². The Morgan fingerprint density at radius 2 is 2.04 bits per heavy atom. The number of nitrogens with one attached hydrogen (secondary N) is 1. The van der Waals surface area contributed by atoms with Gasteiger partial charge in [-0.1, -0.05) is 23.7 Å². The average Bonchev–Trinajstić information content (AvgIpc) is 2.61. The molecule has 1 aliphatic rings. The number of rotatable bonds is 4. The maximum absolute atomic E-state index is 12.9. The molecule has 1 saturated heterocycles. The normalized spacial score (nSPS) is 18.9. The van der Waals surface area contributed by atoms with Gasteiger partial charge in [0, 0.05) is 31.2 Å². The molecule has 7 heteroatoms. The molecule has 2 aromatic rings. The summed E-state index contributed by atoms with van der Waals surface area (Å²) in [4.78, 5) is 0.283. The number of piperazine rings is 1. The highest BCUT2D eigenvalue weighted by atomic mass is 35.5. The van der Waals surface area contributed by atoms with Crippen molar-refractivity contribution in [2.75, 3.05) is 26.7 Å². The van der Waals surface area contributed by atoms with Crippen molar-refractivity contribution in [3.8, 4) is 16.9 Å². The van der Waals surface area contributed by atoms with Crippen molar-refractivity contribution in [1.82, 2.24) is 9.62 Å². The summed E-state index contributed by atoms with van der Waals surface area (Å²) in [5.74, 6) is 0.660. The fourth-order valence-corrected chi connectivity index (χ4v) is 4.80. The second kappa shape index (κ2) is 7.33. The standard InChI is InChI=1S/C18H21ClN2O3S/c1-13-12-21(9-8-20-13)25(22,23)16-5-3-4-14(10-16)17-7-6-15(24-2)11-18(17)19/h3-7,10-11,13,20H,8-9,12H2,1-2H3/t13-/m1/s1. The van der Waals surface area contributed by atoms with Crippen molar-refractivity contribution in [2.24, 2.45) is 0 Å². The maximum Gasteiger partial charge on any atom is 0.243 e. The van der Waals surface area contributed by atoms with Gasteiger partial charge in [-0.2, -0.15) is 4.31 Å². The van der Waals surface area contributed by atoms with Gasteiger partial charge in [-0.3, -0.25) is 0 Å². The third-order valence-corrected chi connectivity index (χ3v) is 6.46. The van der Waals surface area contributed by atoms with Crippen LogP contribution in [0, 0.1) is 0 Å². The molecule has 0 amide bonds. The van der Waals surface area contributed by atoms with Crippen LogP contribution >= 0.6 is 11.6 Å². The predicted molar refractivity (Wildman–Crippen MR) is 99.7 cm³/mol. The molecule has 1 aliphatic heterocycles. The van der Waals surface area contributed by atoms with Gasteiger partial charge in [0.2, 0.25) is 10.0 Å². The molecule has 1 fully saturated rings. The molecule has 0 bridgehead atoms. The second-order valence-corrected chi connectivity index (χ2v) is 8.44. The first-order valence-corrected chi connectivity index (χ1v) is 9.91. The zero-order valence-electron chi connectivity index (χ0n) is 14.2. The van der Waals surface area contributed by atoms with Gasteiger partial charge >= 0.3 is 0 Å². The van der Waals surface area contributed by atoms with Crippen molar-refractivity contribution in [3.05, 3.63) is 47.5 Å². The Hall–Kier alpha value is -1.60. The van der Waals surface area contributed by atoms with E-state index < -0.39 is 10.0 Å². The monoisotopic (exact) mass is 380 g/mol. The Bertz CT molecular complexity index is 870. The number of hydrogen-bond donors (Lipinski definition) is 1. The molecule has 134 valence electrons. The Balaban J connectivity index is 1.96. The van der Waals surface area contributed by atoms with Crippen LogP contribution in [0.5, 0.6) is 5.75 Å². The molecule has 1 heterocycles. The average molecular weight is 381 g/mol. The lowest BCUT2D eigenvalue weighted by molar-refractivity contribution is 0.310. The maximum atomic E-state index is 12.9. The molecule has 0 saturated carbocycles. The predicted octanol–water partition coefficient (Wildman–Crippen LogP) is 3.00. The third-order valence-electron chi connectivity index (χ3n) is 4.29. The second-order valence-electron chi connectivity index (χ2n) is 6.09. The highest BCUT2D eigenvalue weighted by molar-refractivity contribution is 7.89. The molecule has 0 aromatic heterocycles. The molecule has 2 aromatic carbocycles. The Labute approximate surface area is 153 Å². The lowest BCUT2D eigenvalue weighted by Crippen LogP contribution is -2.51. The smallest absolute Gasteiger partial charge is 0.243 e. The van der Waals surface area contributed by atoms with Crippen molar-refractivity contribution in [3.63, 3.8) is 0 Å². The molecule has 1 atom stereocenters. The van der Waals surface area contributed by atoms with Crippen LogP contribution in [0.4, 0.5) is 0 Å². The molecule has 5 nitrogen and oxygen atoms in total. The van der Waals surface area contributed by atoms with Crippen LogP contribution in [-0.2, 0) is 10.0 Å². The largest absolute Gasteiger partial charge is 0.497 e. The van der Waals surface area contributed by atoms with Crippen LogP contribution in [0.15, 0.2) is 47.4 Å².